The highest BCUT2D eigenvalue weighted by Gasteiger charge is 2.51. The molecule has 0 aromatic heterocycles. The van der Waals surface area contributed by atoms with E-state index >= 15 is 0 Å². The molecule has 2 aromatic rings. The summed E-state index contributed by atoms with van der Waals surface area (Å²) in [5, 5.41) is 5.88. The molecule has 0 spiro atoms. The zero-order valence-corrected chi connectivity index (χ0v) is 30.7. The quantitative estimate of drug-likeness (QED) is 0.201. The van der Waals surface area contributed by atoms with Gasteiger partial charge in [-0.05, 0) is 55.6 Å². The fraction of sp³-hybridized carbons (Fsp3) is 0.590. The van der Waals surface area contributed by atoms with Crippen LogP contribution in [0.25, 0.3) is 0 Å². The predicted octanol–water partition coefficient (Wildman–Crippen LogP) is 6.27. The van der Waals surface area contributed by atoms with Gasteiger partial charge in [-0.1, -0.05) is 109 Å². The third kappa shape index (κ3) is 11.0. The standard InChI is InChI=1S/C39H57N3O7/c1-10-27(6)34(36(44)40-31(37(45)47-9)22-28-17-13-11-14-18-28)41-35(43)30(26(4)5)23-33-32(21-25(2)3)42(39(7,8)49-33)38(46)48-24-29-19-15-12-16-20-29/h11-20,25-27,30-34H,10,21-24H2,1-9H3,(H,40,44)(H,41,43)/t27?,30?,31-,32?,33?,34-/m0/s1. The van der Waals surface area contributed by atoms with Crippen molar-refractivity contribution in [1.82, 2.24) is 15.5 Å². The van der Waals surface area contributed by atoms with Crippen molar-refractivity contribution in [3.63, 3.8) is 0 Å². The predicted molar refractivity (Wildman–Crippen MR) is 189 cm³/mol. The summed E-state index contributed by atoms with van der Waals surface area (Å²) in [6.45, 7) is 15.8. The van der Waals surface area contributed by atoms with Crippen LogP contribution in [-0.2, 0) is 41.6 Å². The van der Waals surface area contributed by atoms with Gasteiger partial charge in [0.1, 0.15) is 24.4 Å². The SMILES string of the molecule is CCC(C)[C@H](NC(=O)C(CC1OC(C)(C)N(C(=O)OCc2ccccc2)C1CC(C)C)C(C)C)C(=O)N[C@@H](Cc1ccccc1)C(=O)OC. The third-order valence-corrected chi connectivity index (χ3v) is 9.40. The molecule has 0 saturated carbocycles. The molecule has 3 amide bonds. The van der Waals surface area contributed by atoms with E-state index in [0.29, 0.717) is 19.3 Å². The van der Waals surface area contributed by atoms with Gasteiger partial charge < -0.3 is 24.8 Å². The lowest BCUT2D eigenvalue weighted by Gasteiger charge is -2.34. The number of ether oxygens (including phenoxy) is 3. The van der Waals surface area contributed by atoms with E-state index in [-0.39, 0.29) is 42.7 Å². The Morgan fingerprint density at radius 2 is 1.45 bits per heavy atom. The van der Waals surface area contributed by atoms with Crippen LogP contribution in [0.5, 0.6) is 0 Å². The minimum Gasteiger partial charge on any atom is -0.467 e. The summed E-state index contributed by atoms with van der Waals surface area (Å²) >= 11 is 0. The van der Waals surface area contributed by atoms with Gasteiger partial charge in [0.25, 0.3) is 0 Å². The fourth-order valence-electron chi connectivity index (χ4n) is 6.50. The summed E-state index contributed by atoms with van der Waals surface area (Å²) in [5.74, 6) is -1.85. The van der Waals surface area contributed by atoms with E-state index in [1.165, 1.54) is 7.11 Å². The number of carbonyl (C=O) groups is 4. The number of carbonyl (C=O) groups excluding carboxylic acids is 4. The molecule has 1 aliphatic heterocycles. The first kappa shape index (κ1) is 39.5. The molecular weight excluding hydrogens is 622 g/mol. The summed E-state index contributed by atoms with van der Waals surface area (Å²) in [6, 6.07) is 16.8. The van der Waals surface area contributed by atoms with E-state index in [2.05, 4.69) is 24.5 Å². The van der Waals surface area contributed by atoms with E-state index < -0.39 is 47.8 Å². The molecule has 1 aliphatic rings. The van der Waals surface area contributed by atoms with Crippen molar-refractivity contribution in [2.24, 2.45) is 23.7 Å². The van der Waals surface area contributed by atoms with Crippen molar-refractivity contribution < 1.29 is 33.4 Å². The number of amides is 3. The summed E-state index contributed by atoms with van der Waals surface area (Å²) < 4.78 is 17.3. The number of rotatable bonds is 16. The van der Waals surface area contributed by atoms with E-state index in [1.54, 1.807) is 4.90 Å². The second-order valence-corrected chi connectivity index (χ2v) is 14.4. The van der Waals surface area contributed by atoms with Crippen LogP contribution in [-0.4, -0.2) is 65.8 Å². The number of benzene rings is 2. The summed E-state index contributed by atoms with van der Waals surface area (Å²) in [7, 11) is 1.29. The molecule has 4 unspecified atom stereocenters. The Labute approximate surface area is 292 Å². The molecule has 1 fully saturated rings. The van der Waals surface area contributed by atoms with Crippen molar-refractivity contribution in [2.75, 3.05) is 7.11 Å². The lowest BCUT2D eigenvalue weighted by Crippen LogP contribution is -2.56. The number of hydrogen-bond donors (Lipinski definition) is 2. The van der Waals surface area contributed by atoms with Crippen LogP contribution in [0.3, 0.4) is 0 Å². The lowest BCUT2D eigenvalue weighted by atomic mass is 9.85. The molecule has 3 rings (SSSR count). The second kappa shape index (κ2) is 18.2. The Morgan fingerprint density at radius 3 is 1.98 bits per heavy atom. The van der Waals surface area contributed by atoms with Gasteiger partial charge in [0.05, 0.1) is 19.3 Å². The van der Waals surface area contributed by atoms with Gasteiger partial charge in [-0.2, -0.15) is 0 Å². The average Bonchev–Trinajstić information content (AvgIpc) is 3.32. The Morgan fingerprint density at radius 1 is 0.857 bits per heavy atom. The van der Waals surface area contributed by atoms with Crippen molar-refractivity contribution in [3.05, 3.63) is 71.8 Å². The second-order valence-electron chi connectivity index (χ2n) is 14.4. The van der Waals surface area contributed by atoms with Crippen LogP contribution in [0, 0.1) is 23.7 Å². The van der Waals surface area contributed by atoms with Crippen LogP contribution >= 0.6 is 0 Å². The lowest BCUT2D eigenvalue weighted by molar-refractivity contribution is -0.145. The Balaban J connectivity index is 1.80. The van der Waals surface area contributed by atoms with Crippen LogP contribution in [0.2, 0.25) is 0 Å². The van der Waals surface area contributed by atoms with Crippen LogP contribution in [0.15, 0.2) is 60.7 Å². The largest absolute Gasteiger partial charge is 0.467 e. The molecule has 10 nitrogen and oxygen atoms in total. The van der Waals surface area contributed by atoms with E-state index in [0.717, 1.165) is 11.1 Å². The van der Waals surface area contributed by atoms with Gasteiger partial charge in [-0.15, -0.1) is 0 Å². The molecule has 1 heterocycles. The molecule has 1 saturated heterocycles. The topological polar surface area (TPSA) is 123 Å². The summed E-state index contributed by atoms with van der Waals surface area (Å²) in [6.07, 6.45) is 0.992. The van der Waals surface area contributed by atoms with Gasteiger partial charge in [-0.25, -0.2) is 9.59 Å². The Bertz CT molecular complexity index is 1370. The number of nitrogens with zero attached hydrogens (tertiary/aromatic N) is 1. The van der Waals surface area contributed by atoms with Gasteiger partial charge in [0, 0.05) is 12.3 Å². The number of hydrogen-bond acceptors (Lipinski definition) is 7. The molecule has 0 radical (unpaired) electrons. The molecule has 6 atom stereocenters. The summed E-state index contributed by atoms with van der Waals surface area (Å²) in [4.78, 5) is 55.8. The average molecular weight is 680 g/mol. The molecule has 0 aliphatic carbocycles. The number of esters is 1. The summed E-state index contributed by atoms with van der Waals surface area (Å²) in [5.41, 5.74) is 0.798. The van der Waals surface area contributed by atoms with E-state index in [4.69, 9.17) is 14.2 Å². The molecule has 49 heavy (non-hydrogen) atoms. The molecule has 10 heteroatoms. The highest BCUT2D eigenvalue weighted by Crippen LogP contribution is 2.39. The molecule has 2 N–H and O–H groups in total. The monoisotopic (exact) mass is 679 g/mol. The van der Waals surface area contributed by atoms with Gasteiger partial charge in [0.15, 0.2) is 0 Å². The first-order chi connectivity index (χ1) is 23.2. The minimum atomic E-state index is -0.962. The maximum absolute atomic E-state index is 14.1. The molecule has 270 valence electrons. The molecule has 2 aromatic carbocycles. The molecule has 0 bridgehead atoms. The maximum atomic E-state index is 14.1. The fourth-order valence-corrected chi connectivity index (χ4v) is 6.50. The van der Waals surface area contributed by atoms with Crippen LogP contribution in [0.4, 0.5) is 4.79 Å². The van der Waals surface area contributed by atoms with Crippen LogP contribution in [0.1, 0.15) is 85.8 Å². The smallest absolute Gasteiger partial charge is 0.412 e. The normalized spacial score (nSPS) is 19.5. The van der Waals surface area contributed by atoms with Gasteiger partial charge in [-0.3, -0.25) is 14.5 Å². The van der Waals surface area contributed by atoms with Gasteiger partial charge >= 0.3 is 12.1 Å². The van der Waals surface area contributed by atoms with Crippen molar-refractivity contribution in [2.45, 2.75) is 118 Å². The Hall–Kier alpha value is -3.92. The Kier molecular flexibility index (Phi) is 14.7. The van der Waals surface area contributed by atoms with Crippen LogP contribution < -0.4 is 10.6 Å². The van der Waals surface area contributed by atoms with Crippen molar-refractivity contribution in [3.8, 4) is 0 Å². The van der Waals surface area contributed by atoms with E-state index in [9.17, 15) is 19.2 Å². The first-order valence-corrected chi connectivity index (χ1v) is 17.6. The van der Waals surface area contributed by atoms with Crippen molar-refractivity contribution in [1.29, 1.82) is 0 Å². The van der Waals surface area contributed by atoms with Gasteiger partial charge in [0.2, 0.25) is 11.8 Å². The first-order valence-electron chi connectivity index (χ1n) is 17.6. The van der Waals surface area contributed by atoms with E-state index in [1.807, 2.05) is 102 Å². The highest BCUT2D eigenvalue weighted by molar-refractivity contribution is 5.91. The maximum Gasteiger partial charge on any atom is 0.412 e. The highest BCUT2D eigenvalue weighted by atomic mass is 16.6. The third-order valence-electron chi connectivity index (χ3n) is 9.40. The molecular formula is C39H57N3O7. The zero-order valence-electron chi connectivity index (χ0n) is 30.7. The van der Waals surface area contributed by atoms with Crippen molar-refractivity contribution >= 4 is 23.9 Å². The zero-order chi connectivity index (χ0) is 36.3. The number of nitrogens with one attached hydrogen (secondary N) is 2. The minimum absolute atomic E-state index is 0.0907. The number of methoxy groups -OCH3 is 1.